The fourth-order valence-electron chi connectivity index (χ4n) is 4.63. The monoisotopic (exact) mass is 572 g/mol. The molecule has 0 radical (unpaired) electrons. The largest absolute Gasteiger partial charge is 0.496 e. The van der Waals surface area contributed by atoms with E-state index < -0.39 is 0 Å². The first kappa shape index (κ1) is 26.5. The summed E-state index contributed by atoms with van der Waals surface area (Å²) in [6.45, 7) is 1.88. The molecular weight excluding hydrogens is 548 g/mol. The smallest absolute Gasteiger partial charge is 0.282 e. The third-order valence-corrected chi connectivity index (χ3v) is 6.95. The standard InChI is InChI=1S/C30H25ClN4O6/c1-38-25-7-4-8-26-22(25)16-27(41-26)29-33-23-6-3-2-5-21(23)30(37)35(29)32-17-19-15-20(31)9-10-24(19)40-18-28(36)34-11-13-39-14-12-34/h2-10,15-17H,11-14,18H2,1H3. The van der Waals surface area contributed by atoms with E-state index in [1.165, 1.54) is 10.9 Å². The van der Waals surface area contributed by atoms with E-state index in [2.05, 4.69) is 5.10 Å². The van der Waals surface area contributed by atoms with Crippen LogP contribution < -0.4 is 15.0 Å². The Bertz CT molecular complexity index is 1840. The quantitative estimate of drug-likeness (QED) is 0.262. The Balaban J connectivity index is 1.40. The van der Waals surface area contributed by atoms with Crippen molar-refractivity contribution in [2.45, 2.75) is 0 Å². The molecule has 0 atom stereocenters. The number of furan rings is 1. The van der Waals surface area contributed by atoms with Gasteiger partial charge in [0, 0.05) is 23.7 Å². The molecule has 1 fully saturated rings. The Labute approximate surface area is 239 Å². The zero-order chi connectivity index (χ0) is 28.3. The van der Waals surface area contributed by atoms with E-state index in [1.807, 2.05) is 24.3 Å². The molecule has 41 heavy (non-hydrogen) atoms. The molecule has 11 heteroatoms. The van der Waals surface area contributed by atoms with Crippen LogP contribution >= 0.6 is 11.6 Å². The van der Waals surface area contributed by atoms with Gasteiger partial charge in [-0.05, 0) is 48.5 Å². The zero-order valence-corrected chi connectivity index (χ0v) is 22.8. The van der Waals surface area contributed by atoms with Gasteiger partial charge in [0.25, 0.3) is 11.5 Å². The second kappa shape index (κ2) is 11.4. The highest BCUT2D eigenvalue weighted by molar-refractivity contribution is 6.30. The molecule has 3 heterocycles. The van der Waals surface area contributed by atoms with E-state index in [0.29, 0.717) is 70.6 Å². The lowest BCUT2D eigenvalue weighted by molar-refractivity contribution is -0.137. The number of aromatic nitrogens is 2. The van der Waals surface area contributed by atoms with Crippen molar-refractivity contribution in [3.05, 3.63) is 87.7 Å². The molecule has 6 rings (SSSR count). The maximum absolute atomic E-state index is 13.6. The zero-order valence-electron chi connectivity index (χ0n) is 22.1. The number of halogens is 1. The van der Waals surface area contributed by atoms with E-state index >= 15 is 0 Å². The minimum Gasteiger partial charge on any atom is -0.496 e. The number of morpholine rings is 1. The third-order valence-electron chi connectivity index (χ3n) is 6.71. The number of carbonyl (C=O) groups is 1. The van der Waals surface area contributed by atoms with Crippen LogP contribution in [0.3, 0.4) is 0 Å². The highest BCUT2D eigenvalue weighted by Gasteiger charge is 2.19. The van der Waals surface area contributed by atoms with E-state index in [4.69, 9.17) is 35.2 Å². The summed E-state index contributed by atoms with van der Waals surface area (Å²) in [6, 6.07) is 19.2. The number of methoxy groups -OCH3 is 1. The van der Waals surface area contributed by atoms with Crippen LogP contribution in [0.4, 0.5) is 0 Å². The second-order valence-corrected chi connectivity index (χ2v) is 9.70. The molecule has 0 unspecified atom stereocenters. The molecule has 1 aliphatic rings. The minimum absolute atomic E-state index is 0.149. The maximum Gasteiger partial charge on any atom is 0.282 e. The molecule has 0 spiro atoms. The van der Waals surface area contributed by atoms with Gasteiger partial charge in [0.15, 0.2) is 12.4 Å². The van der Waals surface area contributed by atoms with Crippen molar-refractivity contribution in [3.8, 4) is 23.1 Å². The van der Waals surface area contributed by atoms with Gasteiger partial charge >= 0.3 is 0 Å². The van der Waals surface area contributed by atoms with E-state index in [1.54, 1.807) is 54.5 Å². The van der Waals surface area contributed by atoms with Gasteiger partial charge in [-0.15, -0.1) is 0 Å². The third kappa shape index (κ3) is 5.39. The van der Waals surface area contributed by atoms with E-state index in [0.717, 1.165) is 5.39 Å². The fourth-order valence-corrected chi connectivity index (χ4v) is 4.81. The van der Waals surface area contributed by atoms with Crippen LogP contribution in [0, 0.1) is 0 Å². The number of amides is 1. The lowest BCUT2D eigenvalue weighted by atomic mass is 10.2. The van der Waals surface area contributed by atoms with Gasteiger partial charge in [-0.3, -0.25) is 9.59 Å². The number of rotatable bonds is 7. The molecule has 208 valence electrons. The number of carbonyl (C=O) groups excluding carboxylic acids is 1. The van der Waals surface area contributed by atoms with Gasteiger partial charge in [0.2, 0.25) is 5.82 Å². The summed E-state index contributed by atoms with van der Waals surface area (Å²) < 4.78 is 23.9. The van der Waals surface area contributed by atoms with Crippen LogP contribution in [-0.4, -0.2) is 66.7 Å². The van der Waals surface area contributed by atoms with Crippen LogP contribution in [0.25, 0.3) is 33.5 Å². The lowest BCUT2D eigenvalue weighted by Gasteiger charge is -2.26. The summed E-state index contributed by atoms with van der Waals surface area (Å²) in [6.07, 6.45) is 1.45. The molecule has 1 amide bonds. The first-order valence-corrected chi connectivity index (χ1v) is 13.3. The van der Waals surface area contributed by atoms with Gasteiger partial charge in [-0.1, -0.05) is 29.8 Å². The SMILES string of the molecule is COc1cccc2oc(-c3nc4ccccc4c(=O)n3N=Cc3cc(Cl)ccc3OCC(=O)N3CCOCC3)cc12. The summed E-state index contributed by atoms with van der Waals surface area (Å²) in [7, 11) is 1.58. The molecule has 3 aromatic carbocycles. The van der Waals surface area contributed by atoms with Crippen LogP contribution in [0.5, 0.6) is 11.5 Å². The number of fused-ring (bicyclic) bond motifs is 2. The number of para-hydroxylation sites is 1. The molecule has 0 N–H and O–H groups in total. The van der Waals surface area contributed by atoms with E-state index in [9.17, 15) is 9.59 Å². The normalized spacial score (nSPS) is 13.8. The summed E-state index contributed by atoms with van der Waals surface area (Å²) in [5, 5.41) is 6.07. The molecule has 0 saturated carbocycles. The molecule has 2 aromatic heterocycles. The van der Waals surface area contributed by atoms with Crippen molar-refractivity contribution in [1.82, 2.24) is 14.6 Å². The number of nitrogens with zero attached hydrogens (tertiary/aromatic N) is 4. The highest BCUT2D eigenvalue weighted by Crippen LogP contribution is 2.33. The van der Waals surface area contributed by atoms with Crippen molar-refractivity contribution < 1.29 is 23.4 Å². The van der Waals surface area contributed by atoms with Gasteiger partial charge in [-0.25, -0.2) is 4.98 Å². The van der Waals surface area contributed by atoms with Gasteiger partial charge in [0.05, 0.1) is 42.8 Å². The molecule has 0 aliphatic carbocycles. The van der Waals surface area contributed by atoms with Crippen molar-refractivity contribution in [3.63, 3.8) is 0 Å². The Kier molecular flexibility index (Phi) is 7.41. The molecule has 0 bridgehead atoms. The summed E-state index contributed by atoms with van der Waals surface area (Å²) in [4.78, 5) is 32.7. The topological polar surface area (TPSA) is 108 Å². The predicted octanol–water partition coefficient (Wildman–Crippen LogP) is 4.59. The average molecular weight is 573 g/mol. The van der Waals surface area contributed by atoms with Crippen LogP contribution in [-0.2, 0) is 9.53 Å². The molecule has 1 saturated heterocycles. The van der Waals surface area contributed by atoms with Crippen LogP contribution in [0.2, 0.25) is 5.02 Å². The van der Waals surface area contributed by atoms with Crippen molar-refractivity contribution in [2.24, 2.45) is 5.10 Å². The van der Waals surface area contributed by atoms with Crippen molar-refractivity contribution in [2.75, 3.05) is 40.0 Å². The van der Waals surface area contributed by atoms with Gasteiger partial charge in [0.1, 0.15) is 17.1 Å². The summed E-state index contributed by atoms with van der Waals surface area (Å²) >= 11 is 6.28. The number of benzene rings is 3. The molecule has 10 nitrogen and oxygen atoms in total. The Hall–Kier alpha value is -4.67. The van der Waals surface area contributed by atoms with Gasteiger partial charge in [-0.2, -0.15) is 9.78 Å². The average Bonchev–Trinajstić information content (AvgIpc) is 3.45. The minimum atomic E-state index is -0.388. The summed E-state index contributed by atoms with van der Waals surface area (Å²) in [5.41, 5.74) is 1.17. The van der Waals surface area contributed by atoms with Crippen LogP contribution in [0.1, 0.15) is 5.56 Å². The summed E-state index contributed by atoms with van der Waals surface area (Å²) in [5.74, 6) is 1.40. The molecular formula is C30H25ClN4O6. The van der Waals surface area contributed by atoms with E-state index in [-0.39, 0.29) is 23.9 Å². The maximum atomic E-state index is 13.6. The second-order valence-electron chi connectivity index (χ2n) is 9.26. The number of ether oxygens (including phenoxy) is 3. The van der Waals surface area contributed by atoms with Crippen LogP contribution in [0.15, 0.2) is 81.0 Å². The number of hydrogen-bond acceptors (Lipinski definition) is 8. The number of hydrogen-bond donors (Lipinski definition) is 0. The Morgan fingerprint density at radius 1 is 1.05 bits per heavy atom. The Morgan fingerprint density at radius 3 is 2.71 bits per heavy atom. The first-order valence-electron chi connectivity index (χ1n) is 12.9. The lowest BCUT2D eigenvalue weighted by Crippen LogP contribution is -2.43. The first-order chi connectivity index (χ1) is 20.0. The molecule has 5 aromatic rings. The van der Waals surface area contributed by atoms with Gasteiger partial charge < -0.3 is 23.5 Å². The highest BCUT2D eigenvalue weighted by atomic mass is 35.5. The predicted molar refractivity (Wildman–Crippen MR) is 155 cm³/mol. The van der Waals surface area contributed by atoms with Crippen molar-refractivity contribution >= 4 is 45.6 Å². The molecule has 1 aliphatic heterocycles. The van der Waals surface area contributed by atoms with Crippen molar-refractivity contribution in [1.29, 1.82) is 0 Å². The fraction of sp³-hybridized carbons (Fsp3) is 0.200. The Morgan fingerprint density at radius 2 is 1.88 bits per heavy atom.